The van der Waals surface area contributed by atoms with Crippen LogP contribution < -0.4 is 13.9 Å². The lowest BCUT2D eigenvalue weighted by Crippen LogP contribution is -2.35. The van der Waals surface area contributed by atoms with Crippen LogP contribution >= 0.6 is 23.4 Å². The molecule has 1 aliphatic rings. The summed E-state index contributed by atoms with van der Waals surface area (Å²) in [5, 5.41) is 22.2. The average molecular weight is 420 g/mol. The molecule has 27 heavy (non-hydrogen) atoms. The van der Waals surface area contributed by atoms with Crippen molar-refractivity contribution >= 4 is 40.4 Å². The second kappa shape index (κ2) is 8.51. The molecular formula is C17H23ClFN3O4S. The zero-order valence-corrected chi connectivity index (χ0v) is 16.3. The van der Waals surface area contributed by atoms with Crippen LogP contribution in [0.25, 0.3) is 0 Å². The number of phenolic OH excluding ortho intramolecular Hbond substituents is 1. The Balaban J connectivity index is 0.00000261. The topological polar surface area (TPSA) is 99.4 Å². The molecule has 0 amide bonds. The maximum Gasteiger partial charge on any atom is 0.152 e. The number of rotatable bonds is 6. The summed E-state index contributed by atoms with van der Waals surface area (Å²) in [6, 6.07) is 10.4. The Labute approximate surface area is 165 Å². The largest absolute Gasteiger partial charge is 0.508 e. The lowest BCUT2D eigenvalue weighted by atomic mass is 10.2. The van der Waals surface area contributed by atoms with E-state index in [4.69, 9.17) is 0 Å². The first-order chi connectivity index (χ1) is 12.4. The Bertz CT molecular complexity index is 799. The summed E-state index contributed by atoms with van der Waals surface area (Å²) >= 11 is 0. The third kappa shape index (κ3) is 4.08. The van der Waals surface area contributed by atoms with Gasteiger partial charge in [0.2, 0.25) is 0 Å². The van der Waals surface area contributed by atoms with E-state index in [-0.39, 0.29) is 30.4 Å². The van der Waals surface area contributed by atoms with Crippen LogP contribution in [-0.2, 0) is 0 Å². The summed E-state index contributed by atoms with van der Waals surface area (Å²) in [6.07, 6.45) is -0.349. The average Bonchev–Trinajstić information content (AvgIpc) is 2.80. The highest BCUT2D eigenvalue weighted by molar-refractivity contribution is 8.27. The van der Waals surface area contributed by atoms with Crippen molar-refractivity contribution in [3.05, 3.63) is 48.3 Å². The van der Waals surface area contributed by atoms with E-state index in [1.807, 2.05) is 0 Å². The van der Waals surface area contributed by atoms with Gasteiger partial charge in [-0.2, -0.15) is 0 Å². The van der Waals surface area contributed by atoms with Crippen molar-refractivity contribution in [2.24, 2.45) is 0 Å². The molecule has 1 heterocycles. The molecule has 0 spiro atoms. The Morgan fingerprint density at radius 2 is 1.78 bits per heavy atom. The fraction of sp³-hybridized carbons (Fsp3) is 0.294. The standard InChI is InChI=1S/C17H22FN3O4S.ClH/c1-19-11-13(23)8-9-20-16-4-2-3-5-17(16)21(26(20,24)25)15-7-6-12(22)10-14(15)18;/h2-7,10,13,19,22-25H,8-9,11H2,1H3;1H/t13-;/m0./s1. The molecule has 0 bridgehead atoms. The number of hydrogen-bond donors (Lipinski definition) is 5. The molecule has 0 unspecified atom stereocenters. The number of likely N-dealkylation sites (N-methyl/N-ethyl adjacent to an activating group) is 1. The SMILES string of the molecule is CNC[C@@H](O)CCN1c2ccccc2N(c2ccc(O)cc2F)S1(O)O.Cl. The van der Waals surface area contributed by atoms with Crippen LogP contribution in [0.1, 0.15) is 6.42 Å². The first-order valence-electron chi connectivity index (χ1n) is 8.12. The van der Waals surface area contributed by atoms with Gasteiger partial charge in [-0.05, 0) is 48.7 Å². The van der Waals surface area contributed by atoms with Crippen LogP contribution in [0.3, 0.4) is 0 Å². The summed E-state index contributed by atoms with van der Waals surface area (Å²) in [4.78, 5) is 0. The number of benzene rings is 2. The van der Waals surface area contributed by atoms with Gasteiger partial charge in [0, 0.05) is 19.2 Å². The summed E-state index contributed by atoms with van der Waals surface area (Å²) in [5.41, 5.74) is 0.936. The quantitative estimate of drug-likeness (QED) is 0.489. The molecule has 0 fully saturated rings. The molecule has 150 valence electrons. The lowest BCUT2D eigenvalue weighted by molar-refractivity contribution is 0.167. The van der Waals surface area contributed by atoms with Crippen molar-refractivity contribution in [1.29, 1.82) is 0 Å². The Kier molecular flexibility index (Phi) is 6.79. The third-order valence-corrected chi connectivity index (χ3v) is 6.02. The van der Waals surface area contributed by atoms with Gasteiger partial charge in [0.05, 0.1) is 17.5 Å². The number of para-hydroxylation sites is 2. The number of halogens is 2. The number of anilines is 3. The van der Waals surface area contributed by atoms with E-state index < -0.39 is 22.9 Å². The first-order valence-corrected chi connectivity index (χ1v) is 9.58. The number of aliphatic hydroxyl groups is 1. The maximum atomic E-state index is 14.4. The molecule has 1 atom stereocenters. The predicted octanol–water partition coefficient (Wildman–Crippen LogP) is 3.46. The summed E-state index contributed by atoms with van der Waals surface area (Å²) in [7, 11) is -1.85. The minimum Gasteiger partial charge on any atom is -0.508 e. The Morgan fingerprint density at radius 1 is 1.11 bits per heavy atom. The van der Waals surface area contributed by atoms with Crippen molar-refractivity contribution in [3.8, 4) is 5.75 Å². The summed E-state index contributed by atoms with van der Waals surface area (Å²) < 4.78 is 38.7. The van der Waals surface area contributed by atoms with Crippen LogP contribution in [-0.4, -0.2) is 45.6 Å². The van der Waals surface area contributed by atoms with E-state index in [1.54, 1.807) is 31.3 Å². The number of nitrogens with zero attached hydrogens (tertiary/aromatic N) is 2. The first kappa shape index (κ1) is 21.5. The summed E-state index contributed by atoms with van der Waals surface area (Å²) in [6.45, 7) is 0.559. The molecule has 1 aliphatic heterocycles. The van der Waals surface area contributed by atoms with Crippen molar-refractivity contribution in [2.75, 3.05) is 28.7 Å². The van der Waals surface area contributed by atoms with Crippen molar-refractivity contribution in [3.63, 3.8) is 0 Å². The third-order valence-electron chi connectivity index (χ3n) is 4.17. The number of aromatic hydroxyl groups is 1. The Hall–Kier alpha value is -1.75. The van der Waals surface area contributed by atoms with Crippen LogP contribution in [0.5, 0.6) is 5.75 Å². The maximum absolute atomic E-state index is 14.4. The number of aliphatic hydroxyl groups excluding tert-OH is 1. The molecule has 0 saturated heterocycles. The van der Waals surface area contributed by atoms with Crippen LogP contribution in [0, 0.1) is 5.82 Å². The van der Waals surface area contributed by atoms with E-state index in [2.05, 4.69) is 5.32 Å². The minimum atomic E-state index is -3.57. The highest BCUT2D eigenvalue weighted by Crippen LogP contribution is 2.64. The van der Waals surface area contributed by atoms with E-state index in [0.29, 0.717) is 24.3 Å². The number of phenols is 1. The van der Waals surface area contributed by atoms with Gasteiger partial charge in [-0.25, -0.2) is 8.70 Å². The highest BCUT2D eigenvalue weighted by atomic mass is 35.5. The molecular weight excluding hydrogens is 397 g/mol. The zero-order valence-electron chi connectivity index (χ0n) is 14.6. The number of hydrogen-bond acceptors (Lipinski definition) is 7. The van der Waals surface area contributed by atoms with E-state index in [9.17, 15) is 23.7 Å². The second-order valence-electron chi connectivity index (χ2n) is 6.01. The van der Waals surface area contributed by atoms with Crippen LogP contribution in [0.15, 0.2) is 42.5 Å². The molecule has 2 aromatic carbocycles. The Morgan fingerprint density at radius 3 is 2.41 bits per heavy atom. The smallest absolute Gasteiger partial charge is 0.152 e. The van der Waals surface area contributed by atoms with Crippen molar-refractivity contribution in [2.45, 2.75) is 12.5 Å². The van der Waals surface area contributed by atoms with Crippen LogP contribution in [0.2, 0.25) is 0 Å². The van der Waals surface area contributed by atoms with Gasteiger partial charge in [0.1, 0.15) is 11.4 Å². The van der Waals surface area contributed by atoms with Gasteiger partial charge in [-0.15, -0.1) is 12.4 Å². The molecule has 5 N–H and O–H groups in total. The van der Waals surface area contributed by atoms with Gasteiger partial charge in [0.15, 0.2) is 5.82 Å². The van der Waals surface area contributed by atoms with Gasteiger partial charge in [0.25, 0.3) is 0 Å². The van der Waals surface area contributed by atoms with Gasteiger partial charge in [-0.3, -0.25) is 13.4 Å². The minimum absolute atomic E-state index is 0. The zero-order chi connectivity index (χ0) is 18.9. The summed E-state index contributed by atoms with van der Waals surface area (Å²) in [5.74, 6) is -1.01. The molecule has 3 rings (SSSR count). The fourth-order valence-corrected chi connectivity index (χ4v) is 4.77. The van der Waals surface area contributed by atoms with Crippen molar-refractivity contribution in [1.82, 2.24) is 5.32 Å². The van der Waals surface area contributed by atoms with Gasteiger partial charge >= 0.3 is 0 Å². The molecule has 2 aromatic rings. The van der Waals surface area contributed by atoms with Gasteiger partial charge in [-0.1, -0.05) is 12.1 Å². The normalized spacial score (nSPS) is 17.2. The molecule has 0 radical (unpaired) electrons. The highest BCUT2D eigenvalue weighted by Gasteiger charge is 2.42. The van der Waals surface area contributed by atoms with E-state index >= 15 is 0 Å². The molecule has 7 nitrogen and oxygen atoms in total. The molecule has 10 heteroatoms. The fourth-order valence-electron chi connectivity index (χ4n) is 2.98. The van der Waals surface area contributed by atoms with E-state index in [1.165, 1.54) is 16.4 Å². The molecule has 0 saturated carbocycles. The monoisotopic (exact) mass is 419 g/mol. The molecule has 0 aliphatic carbocycles. The van der Waals surface area contributed by atoms with E-state index in [0.717, 1.165) is 10.4 Å². The molecule has 0 aromatic heterocycles. The predicted molar refractivity (Wildman–Crippen MR) is 109 cm³/mol. The number of nitrogens with one attached hydrogen (secondary N) is 1. The second-order valence-corrected chi connectivity index (χ2v) is 7.80. The van der Waals surface area contributed by atoms with Crippen molar-refractivity contribution < 1.29 is 23.7 Å². The van der Waals surface area contributed by atoms with Crippen LogP contribution in [0.4, 0.5) is 21.5 Å². The van der Waals surface area contributed by atoms with Gasteiger partial charge < -0.3 is 15.5 Å². The lowest BCUT2D eigenvalue weighted by Gasteiger charge is -2.44. The number of fused-ring (bicyclic) bond motifs is 1.